The molecule has 0 saturated heterocycles. The standard InChI is InChI=1S/C47H53F3N2O7/c1-30-8-7-22-45(2)41(39-20-12-31(24-36(53)16-11-30)25-40(39)43(54)32-9-6-10-34(26-32)47(48,49)50)21-23-46(45,56)29-52(28-33-13-17-38(58-4)27-42(33)59-5)44(55)51-35-14-18-37(57-3)19-15-35/h6,8-10,12-15,17-20,25-27,36,41,53,56H,7,11,16,21-24,28-29H2,1-5H3,(H,51,55)/t36-,41-,45-,46+/m0/s1. The zero-order chi connectivity index (χ0) is 42.5. The maximum atomic E-state index is 14.4. The molecule has 0 unspecified atom stereocenters. The number of benzene rings is 4. The zero-order valence-electron chi connectivity index (χ0n) is 34.2. The Morgan fingerprint density at radius 2 is 1.63 bits per heavy atom. The van der Waals surface area contributed by atoms with Crippen molar-refractivity contribution >= 4 is 17.5 Å². The van der Waals surface area contributed by atoms with Gasteiger partial charge in [-0.1, -0.05) is 42.8 Å². The number of ketones is 1. The SMILES string of the molecule is COc1ccc(NC(=O)N(Cc2ccc(OC)cc2OC)C[C@]2(O)CC[C@H]3c4ccc(cc4C(=O)c4cccc(C(F)(F)F)c4)C[C@@H](O)CCC(C)=CCC[C@@]32C)cc1. The molecule has 0 spiro atoms. The molecule has 7 rings (SSSR count). The number of amides is 2. The summed E-state index contributed by atoms with van der Waals surface area (Å²) in [5.41, 5.74) is 0.335. The molecule has 4 aromatic rings. The van der Waals surface area contributed by atoms with Gasteiger partial charge < -0.3 is 34.6 Å². The number of hydrogen-bond donors (Lipinski definition) is 3. The second-order valence-electron chi connectivity index (χ2n) is 16.0. The van der Waals surface area contributed by atoms with Gasteiger partial charge >= 0.3 is 12.2 Å². The first-order chi connectivity index (χ1) is 28.1. The summed E-state index contributed by atoms with van der Waals surface area (Å²) in [6.45, 7) is 3.98. The number of halogens is 3. The molecule has 1 fully saturated rings. The topological polar surface area (TPSA) is 118 Å². The van der Waals surface area contributed by atoms with Gasteiger partial charge in [0.25, 0.3) is 0 Å². The summed E-state index contributed by atoms with van der Waals surface area (Å²) in [6, 6.07) is 21.6. The van der Waals surface area contributed by atoms with Gasteiger partial charge in [0.2, 0.25) is 0 Å². The monoisotopic (exact) mass is 814 g/mol. The molecule has 0 aliphatic heterocycles. The van der Waals surface area contributed by atoms with Crippen LogP contribution in [0.15, 0.2) is 96.6 Å². The second-order valence-corrected chi connectivity index (χ2v) is 16.0. The molecular formula is C47H53F3N2O7. The first-order valence-corrected chi connectivity index (χ1v) is 19.9. The quantitative estimate of drug-likeness (QED) is 0.108. The lowest BCUT2D eigenvalue weighted by molar-refractivity contribution is -0.137. The number of nitrogens with zero attached hydrogens (tertiary/aromatic N) is 1. The van der Waals surface area contributed by atoms with E-state index in [0.29, 0.717) is 71.7 Å². The van der Waals surface area contributed by atoms with E-state index in [1.807, 2.05) is 32.0 Å². The van der Waals surface area contributed by atoms with Crippen molar-refractivity contribution in [3.8, 4) is 17.2 Å². The lowest BCUT2D eigenvalue weighted by Crippen LogP contribution is -2.54. The van der Waals surface area contributed by atoms with Gasteiger partial charge in [-0.25, -0.2) is 4.79 Å². The Balaban J connectivity index is 1.44. The first kappa shape index (κ1) is 43.3. The number of methoxy groups -OCH3 is 3. The lowest BCUT2D eigenvalue weighted by atomic mass is 9.64. The highest BCUT2D eigenvalue weighted by atomic mass is 19.4. The molecule has 4 atom stereocenters. The molecule has 314 valence electrons. The third kappa shape index (κ3) is 9.60. The third-order valence-electron chi connectivity index (χ3n) is 12.3. The fraction of sp³-hybridized carbons (Fsp3) is 0.404. The van der Waals surface area contributed by atoms with Crippen LogP contribution in [0.25, 0.3) is 0 Å². The Bertz CT molecular complexity index is 2170. The molecule has 0 radical (unpaired) electrons. The van der Waals surface area contributed by atoms with E-state index in [0.717, 1.165) is 17.7 Å². The number of rotatable bonds is 10. The summed E-state index contributed by atoms with van der Waals surface area (Å²) in [4.78, 5) is 30.4. The number of carbonyl (C=O) groups excluding carboxylic acids is 2. The van der Waals surface area contributed by atoms with Crippen molar-refractivity contribution in [3.05, 3.63) is 130 Å². The van der Waals surface area contributed by atoms with E-state index in [1.165, 1.54) is 19.2 Å². The van der Waals surface area contributed by atoms with Gasteiger partial charge in [0.15, 0.2) is 5.78 Å². The van der Waals surface area contributed by atoms with Crippen LogP contribution >= 0.6 is 0 Å². The van der Waals surface area contributed by atoms with Crippen LogP contribution in [0, 0.1) is 5.41 Å². The average Bonchev–Trinajstić information content (AvgIpc) is 3.47. The summed E-state index contributed by atoms with van der Waals surface area (Å²) >= 11 is 0. The van der Waals surface area contributed by atoms with E-state index in [1.54, 1.807) is 61.6 Å². The Hall–Kier alpha value is -5.33. The number of carbonyl (C=O) groups is 2. The van der Waals surface area contributed by atoms with Crippen molar-refractivity contribution in [1.82, 2.24) is 4.90 Å². The van der Waals surface area contributed by atoms with Gasteiger partial charge in [0.1, 0.15) is 17.2 Å². The Morgan fingerprint density at radius 1 is 0.898 bits per heavy atom. The highest BCUT2D eigenvalue weighted by molar-refractivity contribution is 6.10. The maximum Gasteiger partial charge on any atom is 0.416 e. The number of ether oxygens (including phenoxy) is 3. The van der Waals surface area contributed by atoms with E-state index < -0.39 is 46.6 Å². The molecule has 2 bridgehead atoms. The predicted molar refractivity (Wildman–Crippen MR) is 220 cm³/mol. The van der Waals surface area contributed by atoms with Gasteiger partial charge in [-0.15, -0.1) is 0 Å². The molecule has 3 N–H and O–H groups in total. The minimum Gasteiger partial charge on any atom is -0.497 e. The average molecular weight is 815 g/mol. The van der Waals surface area contributed by atoms with Crippen molar-refractivity contribution in [1.29, 1.82) is 0 Å². The molecular weight excluding hydrogens is 762 g/mol. The number of hydrogen-bond acceptors (Lipinski definition) is 7. The van der Waals surface area contributed by atoms with Gasteiger partial charge in [0.05, 0.1) is 51.7 Å². The van der Waals surface area contributed by atoms with Crippen LogP contribution in [0.5, 0.6) is 17.2 Å². The summed E-state index contributed by atoms with van der Waals surface area (Å²) in [5, 5.41) is 27.1. The van der Waals surface area contributed by atoms with E-state index in [4.69, 9.17) is 14.2 Å². The highest BCUT2D eigenvalue weighted by Gasteiger charge is 2.57. The minimum atomic E-state index is -4.65. The lowest BCUT2D eigenvalue weighted by Gasteiger charge is -2.46. The fourth-order valence-corrected chi connectivity index (χ4v) is 8.77. The molecule has 59 heavy (non-hydrogen) atoms. The van der Waals surface area contributed by atoms with Crippen LogP contribution in [0.1, 0.15) is 96.5 Å². The second kappa shape index (κ2) is 17.9. The predicted octanol–water partition coefficient (Wildman–Crippen LogP) is 9.73. The number of urea groups is 1. The largest absolute Gasteiger partial charge is 0.497 e. The molecule has 4 aromatic carbocycles. The molecule has 3 aliphatic carbocycles. The van der Waals surface area contributed by atoms with Crippen LogP contribution in [-0.2, 0) is 19.1 Å². The maximum absolute atomic E-state index is 14.4. The summed E-state index contributed by atoms with van der Waals surface area (Å²) in [6.07, 6.45) is -0.108. The highest BCUT2D eigenvalue weighted by Crippen LogP contribution is 2.59. The van der Waals surface area contributed by atoms with Gasteiger partial charge in [0, 0.05) is 33.9 Å². The number of aliphatic hydroxyl groups excluding tert-OH is 1. The Kier molecular flexibility index (Phi) is 13.1. The normalized spacial score (nSPS) is 22.1. The third-order valence-corrected chi connectivity index (χ3v) is 12.3. The smallest absolute Gasteiger partial charge is 0.416 e. The van der Waals surface area contributed by atoms with E-state index in [-0.39, 0.29) is 37.1 Å². The summed E-state index contributed by atoms with van der Waals surface area (Å²) < 4.78 is 58.0. The van der Waals surface area contributed by atoms with E-state index >= 15 is 0 Å². The Morgan fingerprint density at radius 3 is 2.32 bits per heavy atom. The molecule has 0 heterocycles. The molecule has 9 nitrogen and oxygen atoms in total. The van der Waals surface area contributed by atoms with Crippen molar-refractivity contribution < 1.29 is 47.2 Å². The molecule has 3 aliphatic rings. The molecule has 12 heteroatoms. The van der Waals surface area contributed by atoms with Crippen LogP contribution in [0.3, 0.4) is 0 Å². The number of fused-ring (bicyclic) bond motifs is 8. The van der Waals surface area contributed by atoms with Gasteiger partial charge in [-0.2, -0.15) is 13.2 Å². The van der Waals surface area contributed by atoms with E-state index in [2.05, 4.69) is 11.4 Å². The fourth-order valence-electron chi connectivity index (χ4n) is 8.77. The molecule has 1 saturated carbocycles. The van der Waals surface area contributed by atoms with E-state index in [9.17, 15) is 33.0 Å². The number of alkyl halides is 3. The van der Waals surface area contributed by atoms with Crippen LogP contribution in [0.2, 0.25) is 0 Å². The summed E-state index contributed by atoms with van der Waals surface area (Å²) in [5.74, 6) is 0.680. The molecule has 0 aromatic heterocycles. The number of aliphatic hydroxyl groups is 2. The number of nitrogens with one attached hydrogen (secondary N) is 1. The van der Waals surface area contributed by atoms with Gasteiger partial charge in [-0.05, 0) is 124 Å². The van der Waals surface area contributed by atoms with Crippen LogP contribution in [0.4, 0.5) is 23.7 Å². The Labute approximate surface area is 343 Å². The number of anilines is 1. The summed E-state index contributed by atoms with van der Waals surface area (Å²) in [7, 11) is 4.64. The van der Waals surface area contributed by atoms with Crippen molar-refractivity contribution in [3.63, 3.8) is 0 Å². The number of allylic oxidation sites excluding steroid dienone is 2. The van der Waals surface area contributed by atoms with Crippen molar-refractivity contribution in [2.24, 2.45) is 5.41 Å². The minimum absolute atomic E-state index is 0.0630. The van der Waals surface area contributed by atoms with Gasteiger partial charge in [-0.3, -0.25) is 4.79 Å². The van der Waals surface area contributed by atoms with Crippen molar-refractivity contribution in [2.45, 2.75) is 89.1 Å². The molecule has 2 amide bonds. The zero-order valence-corrected chi connectivity index (χ0v) is 34.2. The van der Waals surface area contributed by atoms with Crippen LogP contribution < -0.4 is 19.5 Å². The van der Waals surface area contributed by atoms with Crippen LogP contribution in [-0.4, -0.2) is 66.5 Å². The van der Waals surface area contributed by atoms with Crippen molar-refractivity contribution in [2.75, 3.05) is 33.2 Å². The first-order valence-electron chi connectivity index (χ1n) is 19.9.